The second-order valence-electron chi connectivity index (χ2n) is 4.32. The van der Waals surface area contributed by atoms with Gasteiger partial charge in [-0.3, -0.25) is 0 Å². The van der Waals surface area contributed by atoms with Crippen molar-refractivity contribution in [1.82, 2.24) is 5.32 Å². The van der Waals surface area contributed by atoms with Gasteiger partial charge in [0, 0.05) is 6.04 Å². The van der Waals surface area contributed by atoms with Gasteiger partial charge >= 0.3 is 0 Å². The average molecular weight is 257 g/mol. The molecule has 3 nitrogen and oxygen atoms in total. The first-order valence-electron chi connectivity index (χ1n) is 6.01. The highest BCUT2D eigenvalue weighted by atomic mass is 19.1. The minimum absolute atomic E-state index is 0.0957. The summed E-state index contributed by atoms with van der Waals surface area (Å²) in [4.78, 5) is 0. The highest BCUT2D eigenvalue weighted by Crippen LogP contribution is 2.15. The highest BCUT2D eigenvalue weighted by molar-refractivity contribution is 5.20. The quantitative estimate of drug-likeness (QED) is 0.887. The third-order valence-electron chi connectivity index (χ3n) is 3.11. The van der Waals surface area contributed by atoms with Gasteiger partial charge in [-0.05, 0) is 37.2 Å². The Morgan fingerprint density at radius 2 is 2.22 bits per heavy atom. The summed E-state index contributed by atoms with van der Waals surface area (Å²) in [6, 6.07) is 3.40. The molecule has 0 saturated carbocycles. The van der Waals surface area contributed by atoms with E-state index in [1.54, 1.807) is 7.05 Å². The Balaban J connectivity index is 2.06. The zero-order valence-corrected chi connectivity index (χ0v) is 10.3. The molecule has 0 amide bonds. The minimum Gasteiger partial charge on any atom is -0.376 e. The Morgan fingerprint density at radius 3 is 2.89 bits per heavy atom. The molecular formula is C13H17F2NO2. The molecule has 18 heavy (non-hydrogen) atoms. The van der Waals surface area contributed by atoms with E-state index >= 15 is 0 Å². The van der Waals surface area contributed by atoms with E-state index < -0.39 is 11.6 Å². The van der Waals surface area contributed by atoms with Crippen LogP contribution < -0.4 is 5.32 Å². The van der Waals surface area contributed by atoms with Crippen molar-refractivity contribution in [3.8, 4) is 0 Å². The second kappa shape index (κ2) is 6.22. The third kappa shape index (κ3) is 3.25. The van der Waals surface area contributed by atoms with Gasteiger partial charge in [-0.1, -0.05) is 0 Å². The highest BCUT2D eigenvalue weighted by Gasteiger charge is 2.25. The summed E-state index contributed by atoms with van der Waals surface area (Å²) in [5.41, 5.74) is 0.350. The van der Waals surface area contributed by atoms with Crippen LogP contribution in [0.4, 0.5) is 8.78 Å². The van der Waals surface area contributed by atoms with E-state index in [4.69, 9.17) is 9.47 Å². The summed E-state index contributed by atoms with van der Waals surface area (Å²) in [7, 11) is 1.78. The van der Waals surface area contributed by atoms with Crippen molar-refractivity contribution in [2.24, 2.45) is 0 Å². The lowest BCUT2D eigenvalue weighted by Gasteiger charge is -2.30. The van der Waals surface area contributed by atoms with Gasteiger partial charge in [-0.15, -0.1) is 0 Å². The van der Waals surface area contributed by atoms with Gasteiger partial charge in [-0.2, -0.15) is 0 Å². The van der Waals surface area contributed by atoms with E-state index in [9.17, 15) is 8.78 Å². The Bertz CT molecular complexity index is 395. The normalized spacial score (nSPS) is 21.8. The van der Waals surface area contributed by atoms with Gasteiger partial charge in [0.25, 0.3) is 0 Å². The lowest BCUT2D eigenvalue weighted by atomic mass is 10.0. The summed E-state index contributed by atoms with van der Waals surface area (Å²) in [6.45, 7) is 1.60. The maximum absolute atomic E-state index is 13.6. The van der Waals surface area contributed by atoms with Crippen molar-refractivity contribution in [3.63, 3.8) is 0 Å². The summed E-state index contributed by atoms with van der Waals surface area (Å²) in [5.74, 6) is -0.824. The monoisotopic (exact) mass is 257 g/mol. The molecule has 5 heteroatoms. The number of rotatable bonds is 4. The van der Waals surface area contributed by atoms with Crippen molar-refractivity contribution >= 4 is 0 Å². The zero-order valence-electron chi connectivity index (χ0n) is 10.3. The molecule has 100 valence electrons. The standard InChI is InChI=1S/C13H17F2NO2/c1-16-12(13-8-17-4-5-18-13)7-9-6-10(14)2-3-11(9)15/h2-3,6,12-13,16H,4-5,7-8H2,1H3. The van der Waals surface area contributed by atoms with E-state index in [2.05, 4.69) is 5.32 Å². The van der Waals surface area contributed by atoms with Crippen LogP contribution >= 0.6 is 0 Å². The predicted molar refractivity (Wildman–Crippen MR) is 63.5 cm³/mol. The zero-order chi connectivity index (χ0) is 13.0. The Hall–Kier alpha value is -1.04. The molecule has 0 bridgehead atoms. The number of hydrogen-bond donors (Lipinski definition) is 1. The maximum Gasteiger partial charge on any atom is 0.126 e. The molecule has 0 spiro atoms. The van der Waals surface area contributed by atoms with Gasteiger partial charge in [0.05, 0.1) is 25.9 Å². The molecule has 0 aliphatic carbocycles. The van der Waals surface area contributed by atoms with E-state index in [0.29, 0.717) is 31.8 Å². The summed E-state index contributed by atoms with van der Waals surface area (Å²) >= 11 is 0. The molecule has 1 aliphatic rings. The van der Waals surface area contributed by atoms with Crippen molar-refractivity contribution < 1.29 is 18.3 Å². The number of likely N-dealkylation sites (N-methyl/N-ethyl adjacent to an activating group) is 1. The van der Waals surface area contributed by atoms with E-state index in [0.717, 1.165) is 12.1 Å². The molecule has 2 rings (SSSR count). The van der Waals surface area contributed by atoms with Crippen molar-refractivity contribution in [1.29, 1.82) is 0 Å². The van der Waals surface area contributed by atoms with Gasteiger partial charge in [0.2, 0.25) is 0 Å². The van der Waals surface area contributed by atoms with Crippen molar-refractivity contribution in [2.75, 3.05) is 26.9 Å². The van der Waals surface area contributed by atoms with Crippen molar-refractivity contribution in [2.45, 2.75) is 18.6 Å². The first-order valence-corrected chi connectivity index (χ1v) is 6.01. The molecule has 1 aromatic rings. The van der Waals surface area contributed by atoms with E-state index in [1.165, 1.54) is 6.07 Å². The smallest absolute Gasteiger partial charge is 0.126 e. The molecule has 1 fully saturated rings. The van der Waals surface area contributed by atoms with Gasteiger partial charge < -0.3 is 14.8 Å². The molecule has 0 aromatic heterocycles. The lowest BCUT2D eigenvalue weighted by molar-refractivity contribution is -0.100. The molecule has 0 radical (unpaired) electrons. The fourth-order valence-corrected chi connectivity index (χ4v) is 2.09. The minimum atomic E-state index is -0.429. The Morgan fingerprint density at radius 1 is 1.39 bits per heavy atom. The fraction of sp³-hybridized carbons (Fsp3) is 0.538. The molecule has 1 aromatic carbocycles. The summed E-state index contributed by atoms with van der Waals surface area (Å²) in [6.07, 6.45) is 0.236. The molecule has 1 saturated heterocycles. The fourth-order valence-electron chi connectivity index (χ4n) is 2.09. The summed E-state index contributed by atoms with van der Waals surface area (Å²) < 4.78 is 37.6. The Labute approximate surface area is 105 Å². The number of hydrogen-bond acceptors (Lipinski definition) is 3. The molecular weight excluding hydrogens is 240 g/mol. The number of ether oxygens (including phenoxy) is 2. The lowest BCUT2D eigenvalue weighted by Crippen LogP contribution is -2.46. The maximum atomic E-state index is 13.6. The van der Waals surface area contributed by atoms with Crippen LogP contribution in [0.1, 0.15) is 5.56 Å². The average Bonchev–Trinajstić information content (AvgIpc) is 2.41. The first-order chi connectivity index (χ1) is 8.70. The van der Waals surface area contributed by atoms with Crippen LogP contribution in [0.3, 0.4) is 0 Å². The predicted octanol–water partition coefficient (Wildman–Crippen LogP) is 1.51. The van der Waals surface area contributed by atoms with Gasteiger partial charge in [0.1, 0.15) is 11.6 Å². The van der Waals surface area contributed by atoms with Crippen LogP contribution in [0.2, 0.25) is 0 Å². The molecule has 2 unspecified atom stereocenters. The van der Waals surface area contributed by atoms with Gasteiger partial charge in [-0.25, -0.2) is 8.78 Å². The number of nitrogens with one attached hydrogen (secondary N) is 1. The molecule has 1 aliphatic heterocycles. The number of halogens is 2. The SMILES string of the molecule is CNC(Cc1cc(F)ccc1F)C1COCCO1. The van der Waals surface area contributed by atoms with Crippen LogP contribution in [-0.4, -0.2) is 39.0 Å². The van der Waals surface area contributed by atoms with Gasteiger partial charge in [0.15, 0.2) is 0 Å². The Kier molecular flexibility index (Phi) is 4.63. The van der Waals surface area contributed by atoms with Crippen LogP contribution in [0.5, 0.6) is 0 Å². The van der Waals surface area contributed by atoms with Crippen LogP contribution in [-0.2, 0) is 15.9 Å². The van der Waals surface area contributed by atoms with E-state index in [1.807, 2.05) is 0 Å². The first kappa shape index (κ1) is 13.4. The second-order valence-corrected chi connectivity index (χ2v) is 4.32. The molecule has 2 atom stereocenters. The third-order valence-corrected chi connectivity index (χ3v) is 3.11. The van der Waals surface area contributed by atoms with Crippen LogP contribution in [0, 0.1) is 11.6 Å². The van der Waals surface area contributed by atoms with Crippen molar-refractivity contribution in [3.05, 3.63) is 35.4 Å². The van der Waals surface area contributed by atoms with Crippen LogP contribution in [0.15, 0.2) is 18.2 Å². The molecule has 1 N–H and O–H groups in total. The summed E-state index contributed by atoms with van der Waals surface area (Å²) in [5, 5.41) is 3.07. The topological polar surface area (TPSA) is 30.5 Å². The number of benzene rings is 1. The van der Waals surface area contributed by atoms with E-state index in [-0.39, 0.29) is 12.1 Å². The molecule has 1 heterocycles. The van der Waals surface area contributed by atoms with Crippen LogP contribution in [0.25, 0.3) is 0 Å². The largest absolute Gasteiger partial charge is 0.376 e.